The molecule has 5 nitrogen and oxygen atoms in total. The maximum absolute atomic E-state index is 11.2. The smallest absolute Gasteiger partial charge is 0.356 e. The number of carbonyl (C=O) groups is 1. The fraction of sp³-hybridized carbons (Fsp3) is 0.222. The van der Waals surface area contributed by atoms with Crippen molar-refractivity contribution in [1.82, 2.24) is 14.6 Å². The van der Waals surface area contributed by atoms with E-state index in [-0.39, 0.29) is 0 Å². The van der Waals surface area contributed by atoms with Gasteiger partial charge in [0.15, 0.2) is 11.3 Å². The van der Waals surface area contributed by atoms with Crippen LogP contribution in [-0.4, -0.2) is 27.7 Å². The Labute approximate surface area is 80.3 Å². The third kappa shape index (κ3) is 1.22. The van der Waals surface area contributed by atoms with Gasteiger partial charge in [0, 0.05) is 11.8 Å². The number of aromatic nitrogens is 3. The van der Waals surface area contributed by atoms with E-state index in [1.807, 2.05) is 6.92 Å². The number of carbonyl (C=O) groups excluding carboxylic acids is 1. The van der Waals surface area contributed by atoms with Crippen molar-refractivity contribution in [3.8, 4) is 0 Å². The molecule has 14 heavy (non-hydrogen) atoms. The van der Waals surface area contributed by atoms with Crippen LogP contribution in [0.5, 0.6) is 0 Å². The lowest BCUT2D eigenvalue weighted by Gasteiger charge is -2.02. The first-order chi connectivity index (χ1) is 6.72. The lowest BCUT2D eigenvalue weighted by atomic mass is 10.3. The maximum atomic E-state index is 11.2. The van der Waals surface area contributed by atoms with Crippen LogP contribution in [0.25, 0.3) is 5.65 Å². The second kappa shape index (κ2) is 3.10. The lowest BCUT2D eigenvalue weighted by Crippen LogP contribution is -2.07. The number of aryl methyl sites for hydroxylation is 1. The highest BCUT2D eigenvalue weighted by Crippen LogP contribution is 2.06. The number of ether oxygens (including phenoxy) is 1. The minimum absolute atomic E-state index is 0.304. The summed E-state index contributed by atoms with van der Waals surface area (Å²) in [7, 11) is 1.33. The van der Waals surface area contributed by atoms with Gasteiger partial charge in [0.05, 0.1) is 13.3 Å². The highest BCUT2D eigenvalue weighted by Gasteiger charge is 2.10. The minimum Gasteiger partial charge on any atom is -0.464 e. The van der Waals surface area contributed by atoms with Crippen molar-refractivity contribution in [3.63, 3.8) is 0 Å². The Kier molecular flexibility index (Phi) is 1.92. The van der Waals surface area contributed by atoms with Gasteiger partial charge in [-0.25, -0.2) is 14.3 Å². The third-order valence-corrected chi connectivity index (χ3v) is 1.93. The molecule has 0 fully saturated rings. The van der Waals surface area contributed by atoms with Gasteiger partial charge in [0.2, 0.25) is 0 Å². The van der Waals surface area contributed by atoms with E-state index >= 15 is 0 Å². The van der Waals surface area contributed by atoms with Gasteiger partial charge in [0.25, 0.3) is 0 Å². The summed E-state index contributed by atoms with van der Waals surface area (Å²) in [5, 5.41) is 4.05. The van der Waals surface area contributed by atoms with Gasteiger partial charge in [-0.1, -0.05) is 0 Å². The van der Waals surface area contributed by atoms with Crippen molar-refractivity contribution in [1.29, 1.82) is 0 Å². The molecular weight excluding hydrogens is 182 g/mol. The summed E-state index contributed by atoms with van der Waals surface area (Å²) in [6.07, 6.45) is 1.64. The van der Waals surface area contributed by atoms with Gasteiger partial charge >= 0.3 is 5.97 Å². The van der Waals surface area contributed by atoms with Crippen LogP contribution in [0.2, 0.25) is 0 Å². The number of nitrogens with zero attached hydrogens (tertiary/aromatic N) is 3. The molecule has 0 unspecified atom stereocenters. The summed E-state index contributed by atoms with van der Waals surface area (Å²) in [6, 6.07) is 3.38. The molecule has 0 radical (unpaired) electrons. The molecule has 2 aromatic rings. The van der Waals surface area contributed by atoms with Crippen LogP contribution in [0.4, 0.5) is 0 Å². The minimum atomic E-state index is -0.434. The summed E-state index contributed by atoms with van der Waals surface area (Å²) in [4.78, 5) is 15.3. The quantitative estimate of drug-likeness (QED) is 0.626. The molecule has 0 saturated heterocycles. The fourth-order valence-electron chi connectivity index (χ4n) is 1.28. The molecule has 0 amide bonds. The highest BCUT2D eigenvalue weighted by atomic mass is 16.5. The van der Waals surface area contributed by atoms with Crippen molar-refractivity contribution >= 4 is 11.6 Å². The van der Waals surface area contributed by atoms with Crippen LogP contribution in [0, 0.1) is 6.92 Å². The molecule has 0 aliphatic rings. The first kappa shape index (κ1) is 8.68. The average Bonchev–Trinajstić information content (AvgIpc) is 2.64. The average molecular weight is 191 g/mol. The van der Waals surface area contributed by atoms with E-state index in [4.69, 9.17) is 0 Å². The first-order valence-electron chi connectivity index (χ1n) is 4.12. The second-order valence-electron chi connectivity index (χ2n) is 2.88. The predicted molar refractivity (Wildman–Crippen MR) is 49.1 cm³/mol. The molecule has 0 atom stereocenters. The van der Waals surface area contributed by atoms with E-state index in [1.165, 1.54) is 7.11 Å². The van der Waals surface area contributed by atoms with Gasteiger partial charge in [-0.2, -0.15) is 5.10 Å². The molecule has 0 aliphatic heterocycles. The Morgan fingerprint density at radius 1 is 1.57 bits per heavy atom. The molecule has 0 aliphatic carbocycles. The van der Waals surface area contributed by atoms with E-state index in [9.17, 15) is 4.79 Å². The molecule has 5 heteroatoms. The summed E-state index contributed by atoms with van der Waals surface area (Å²) in [5.74, 6) is -0.434. The Balaban J connectivity index is 2.64. The molecule has 0 aromatic carbocycles. The van der Waals surface area contributed by atoms with E-state index in [1.54, 1.807) is 22.8 Å². The van der Waals surface area contributed by atoms with Gasteiger partial charge in [-0.05, 0) is 13.0 Å². The summed E-state index contributed by atoms with van der Waals surface area (Å²) < 4.78 is 6.24. The molecule has 2 aromatic heterocycles. The number of rotatable bonds is 1. The van der Waals surface area contributed by atoms with Crippen LogP contribution in [0.3, 0.4) is 0 Å². The molecule has 72 valence electrons. The zero-order chi connectivity index (χ0) is 10.1. The van der Waals surface area contributed by atoms with Gasteiger partial charge in [-0.3, -0.25) is 0 Å². The Morgan fingerprint density at radius 2 is 2.36 bits per heavy atom. The number of hydrogen-bond acceptors (Lipinski definition) is 4. The topological polar surface area (TPSA) is 56.5 Å². The van der Waals surface area contributed by atoms with Crippen LogP contribution in [0.1, 0.15) is 16.2 Å². The lowest BCUT2D eigenvalue weighted by molar-refractivity contribution is 0.0594. The SMILES string of the molecule is COC(=O)c1cc(C)n2nccc2n1. The zero-order valence-electron chi connectivity index (χ0n) is 7.89. The van der Waals surface area contributed by atoms with Gasteiger partial charge in [0.1, 0.15) is 0 Å². The number of methoxy groups -OCH3 is 1. The Bertz CT molecular complexity index is 490. The Morgan fingerprint density at radius 3 is 3.07 bits per heavy atom. The molecule has 0 bridgehead atoms. The number of hydrogen-bond donors (Lipinski definition) is 0. The maximum Gasteiger partial charge on any atom is 0.356 e. The van der Waals surface area contributed by atoms with Gasteiger partial charge < -0.3 is 4.74 Å². The summed E-state index contributed by atoms with van der Waals surface area (Å²) in [6.45, 7) is 1.86. The number of fused-ring (bicyclic) bond motifs is 1. The van der Waals surface area contributed by atoms with Gasteiger partial charge in [-0.15, -0.1) is 0 Å². The summed E-state index contributed by atoms with van der Waals surface area (Å²) >= 11 is 0. The second-order valence-corrected chi connectivity index (χ2v) is 2.88. The summed E-state index contributed by atoms with van der Waals surface area (Å²) in [5.41, 5.74) is 1.80. The van der Waals surface area contributed by atoms with Crippen molar-refractivity contribution in [2.24, 2.45) is 0 Å². The third-order valence-electron chi connectivity index (χ3n) is 1.93. The molecule has 0 N–H and O–H groups in total. The van der Waals surface area contributed by atoms with E-state index < -0.39 is 5.97 Å². The van der Waals surface area contributed by atoms with Crippen LogP contribution in [0.15, 0.2) is 18.3 Å². The first-order valence-corrected chi connectivity index (χ1v) is 4.12. The molecule has 2 heterocycles. The van der Waals surface area contributed by atoms with Crippen LogP contribution < -0.4 is 0 Å². The molecule has 0 saturated carbocycles. The van der Waals surface area contributed by atoms with Crippen LogP contribution >= 0.6 is 0 Å². The Hall–Kier alpha value is -1.91. The van der Waals surface area contributed by atoms with E-state index in [2.05, 4.69) is 14.8 Å². The standard InChI is InChI=1S/C9H9N3O2/c1-6-5-7(9(13)14-2)11-8-3-4-10-12(6)8/h3-5H,1-2H3. The van der Waals surface area contributed by atoms with Crippen LogP contribution in [-0.2, 0) is 4.74 Å². The zero-order valence-corrected chi connectivity index (χ0v) is 7.89. The largest absolute Gasteiger partial charge is 0.464 e. The molecule has 0 spiro atoms. The van der Waals surface area contributed by atoms with Crippen molar-refractivity contribution in [2.75, 3.05) is 7.11 Å². The van der Waals surface area contributed by atoms with E-state index in [0.29, 0.717) is 11.3 Å². The van der Waals surface area contributed by atoms with Crippen molar-refractivity contribution in [3.05, 3.63) is 29.7 Å². The van der Waals surface area contributed by atoms with Crippen molar-refractivity contribution < 1.29 is 9.53 Å². The normalized spacial score (nSPS) is 10.4. The monoisotopic (exact) mass is 191 g/mol. The molecular formula is C9H9N3O2. The fourth-order valence-corrected chi connectivity index (χ4v) is 1.28. The molecule has 2 rings (SSSR count). The highest BCUT2D eigenvalue weighted by molar-refractivity contribution is 5.87. The predicted octanol–water partition coefficient (Wildman–Crippen LogP) is 0.824. The number of esters is 1. The van der Waals surface area contributed by atoms with Crippen molar-refractivity contribution in [2.45, 2.75) is 6.92 Å². The van der Waals surface area contributed by atoms with E-state index in [0.717, 1.165) is 5.69 Å².